The van der Waals surface area contributed by atoms with Gasteiger partial charge < -0.3 is 9.73 Å². The van der Waals surface area contributed by atoms with E-state index in [9.17, 15) is 4.79 Å². The second-order valence-corrected chi connectivity index (χ2v) is 6.24. The SMILES string of the molecule is Cc1cccc(NC(=O)c2ccc(Cn3cc(Br)cn3)o2)c1C. The number of amides is 1. The fraction of sp³-hybridized carbons (Fsp3) is 0.176. The maximum absolute atomic E-state index is 12.3. The topological polar surface area (TPSA) is 60.1 Å². The van der Waals surface area contributed by atoms with Crippen LogP contribution in [0.25, 0.3) is 0 Å². The predicted octanol–water partition coefficient (Wildman–Crippen LogP) is 4.16. The van der Waals surface area contributed by atoms with Crippen molar-refractivity contribution in [3.63, 3.8) is 0 Å². The molecule has 0 aliphatic rings. The van der Waals surface area contributed by atoms with Crippen LogP contribution in [0.2, 0.25) is 0 Å². The van der Waals surface area contributed by atoms with E-state index in [1.807, 2.05) is 38.2 Å². The third-order valence-electron chi connectivity index (χ3n) is 3.66. The molecular formula is C17H16BrN3O2. The number of furan rings is 1. The van der Waals surface area contributed by atoms with Crippen LogP contribution in [0.4, 0.5) is 5.69 Å². The molecule has 2 heterocycles. The van der Waals surface area contributed by atoms with Gasteiger partial charge in [-0.1, -0.05) is 12.1 Å². The normalized spacial score (nSPS) is 10.7. The average Bonchev–Trinajstić information content (AvgIpc) is 3.14. The lowest BCUT2D eigenvalue weighted by Gasteiger charge is -2.09. The number of nitrogens with one attached hydrogen (secondary N) is 1. The van der Waals surface area contributed by atoms with Gasteiger partial charge in [0.15, 0.2) is 5.76 Å². The summed E-state index contributed by atoms with van der Waals surface area (Å²) >= 11 is 3.35. The summed E-state index contributed by atoms with van der Waals surface area (Å²) < 4.78 is 8.24. The first-order valence-electron chi connectivity index (χ1n) is 7.17. The Kier molecular flexibility index (Phi) is 4.34. The maximum Gasteiger partial charge on any atom is 0.291 e. The Morgan fingerprint density at radius 2 is 2.13 bits per heavy atom. The second kappa shape index (κ2) is 6.42. The summed E-state index contributed by atoms with van der Waals surface area (Å²) in [5.41, 5.74) is 2.98. The molecular weight excluding hydrogens is 358 g/mol. The van der Waals surface area contributed by atoms with E-state index in [0.29, 0.717) is 12.3 Å². The molecule has 0 saturated heterocycles. The number of hydrogen-bond acceptors (Lipinski definition) is 3. The van der Waals surface area contributed by atoms with Crippen LogP contribution in [0.15, 0.2) is 51.6 Å². The van der Waals surface area contributed by atoms with Crippen molar-refractivity contribution in [1.29, 1.82) is 0 Å². The molecule has 0 spiro atoms. The van der Waals surface area contributed by atoms with E-state index < -0.39 is 0 Å². The summed E-state index contributed by atoms with van der Waals surface area (Å²) in [7, 11) is 0. The van der Waals surface area contributed by atoms with Gasteiger partial charge in [-0.15, -0.1) is 0 Å². The second-order valence-electron chi connectivity index (χ2n) is 5.32. The Hall–Kier alpha value is -2.34. The van der Waals surface area contributed by atoms with Crippen LogP contribution in [0.5, 0.6) is 0 Å². The van der Waals surface area contributed by atoms with E-state index in [1.165, 1.54) is 0 Å². The third-order valence-corrected chi connectivity index (χ3v) is 4.07. The Morgan fingerprint density at radius 3 is 2.87 bits per heavy atom. The number of anilines is 1. The average molecular weight is 374 g/mol. The lowest BCUT2D eigenvalue weighted by Crippen LogP contribution is -2.12. The minimum Gasteiger partial charge on any atom is -0.454 e. The number of hydrogen-bond donors (Lipinski definition) is 1. The van der Waals surface area contributed by atoms with Gasteiger partial charge in [-0.25, -0.2) is 0 Å². The van der Waals surface area contributed by atoms with E-state index >= 15 is 0 Å². The van der Waals surface area contributed by atoms with Gasteiger partial charge in [0.2, 0.25) is 0 Å². The molecule has 1 N–H and O–H groups in total. The van der Waals surface area contributed by atoms with Gasteiger partial charge >= 0.3 is 0 Å². The molecule has 118 valence electrons. The zero-order valence-corrected chi connectivity index (χ0v) is 14.4. The Labute approximate surface area is 142 Å². The molecule has 1 amide bonds. The molecule has 23 heavy (non-hydrogen) atoms. The highest BCUT2D eigenvalue weighted by Gasteiger charge is 2.13. The predicted molar refractivity (Wildman–Crippen MR) is 91.6 cm³/mol. The molecule has 6 heteroatoms. The molecule has 2 aromatic heterocycles. The minimum absolute atomic E-state index is 0.258. The Balaban J connectivity index is 1.72. The Bertz CT molecular complexity index is 851. The molecule has 0 unspecified atom stereocenters. The summed E-state index contributed by atoms with van der Waals surface area (Å²) in [6.45, 7) is 4.47. The maximum atomic E-state index is 12.3. The molecule has 0 aliphatic carbocycles. The van der Waals surface area contributed by atoms with Crippen molar-refractivity contribution in [2.75, 3.05) is 5.32 Å². The van der Waals surface area contributed by atoms with Crippen LogP contribution in [-0.4, -0.2) is 15.7 Å². The molecule has 0 saturated carbocycles. The highest BCUT2D eigenvalue weighted by atomic mass is 79.9. The third kappa shape index (κ3) is 3.53. The summed E-state index contributed by atoms with van der Waals surface area (Å²) in [4.78, 5) is 12.3. The fourth-order valence-corrected chi connectivity index (χ4v) is 2.57. The van der Waals surface area contributed by atoms with E-state index in [-0.39, 0.29) is 11.7 Å². The van der Waals surface area contributed by atoms with Gasteiger partial charge in [0.1, 0.15) is 5.76 Å². The molecule has 5 nitrogen and oxygen atoms in total. The van der Waals surface area contributed by atoms with Crippen LogP contribution < -0.4 is 5.32 Å². The van der Waals surface area contributed by atoms with E-state index in [1.54, 1.807) is 23.0 Å². The van der Waals surface area contributed by atoms with Crippen molar-refractivity contribution < 1.29 is 9.21 Å². The molecule has 0 bridgehead atoms. The van der Waals surface area contributed by atoms with Gasteiger partial charge in [0.05, 0.1) is 17.2 Å². The fourth-order valence-electron chi connectivity index (χ4n) is 2.24. The van der Waals surface area contributed by atoms with Crippen LogP contribution in [-0.2, 0) is 6.54 Å². The standard InChI is InChI=1S/C17H16BrN3O2/c1-11-4-3-5-15(12(11)2)20-17(22)16-7-6-14(23-16)10-21-9-13(18)8-19-21/h3-9H,10H2,1-2H3,(H,20,22). The smallest absolute Gasteiger partial charge is 0.291 e. The summed E-state index contributed by atoms with van der Waals surface area (Å²) in [5.74, 6) is 0.699. The molecule has 3 aromatic rings. The van der Waals surface area contributed by atoms with Crippen molar-refractivity contribution in [3.8, 4) is 0 Å². The van der Waals surface area contributed by atoms with E-state index in [4.69, 9.17) is 4.42 Å². The quantitative estimate of drug-likeness (QED) is 0.746. The largest absolute Gasteiger partial charge is 0.454 e. The van der Waals surface area contributed by atoms with Crippen molar-refractivity contribution in [1.82, 2.24) is 9.78 Å². The van der Waals surface area contributed by atoms with Crippen LogP contribution in [0.3, 0.4) is 0 Å². The minimum atomic E-state index is -0.258. The molecule has 3 rings (SSSR count). The van der Waals surface area contributed by atoms with Gasteiger partial charge in [0.25, 0.3) is 5.91 Å². The summed E-state index contributed by atoms with van der Waals surface area (Å²) in [6, 6.07) is 9.27. The number of halogens is 1. The number of carbonyl (C=O) groups is 1. The Morgan fingerprint density at radius 1 is 1.30 bits per heavy atom. The van der Waals surface area contributed by atoms with Gasteiger partial charge in [-0.2, -0.15) is 5.10 Å². The zero-order chi connectivity index (χ0) is 16.4. The molecule has 0 aliphatic heterocycles. The van der Waals surface area contributed by atoms with Crippen LogP contribution >= 0.6 is 15.9 Å². The summed E-state index contributed by atoms with van der Waals surface area (Å²) in [5, 5.41) is 7.05. The monoisotopic (exact) mass is 373 g/mol. The summed E-state index contributed by atoms with van der Waals surface area (Å²) in [6.07, 6.45) is 3.55. The molecule has 1 aromatic carbocycles. The number of aromatic nitrogens is 2. The zero-order valence-electron chi connectivity index (χ0n) is 12.8. The van der Waals surface area contributed by atoms with Crippen molar-refractivity contribution in [2.45, 2.75) is 20.4 Å². The number of rotatable bonds is 4. The van der Waals surface area contributed by atoms with Gasteiger partial charge in [-0.3, -0.25) is 9.48 Å². The highest BCUT2D eigenvalue weighted by molar-refractivity contribution is 9.10. The van der Waals surface area contributed by atoms with Crippen LogP contribution in [0, 0.1) is 13.8 Å². The number of carbonyl (C=O) groups excluding carboxylic acids is 1. The first kappa shape index (κ1) is 15.6. The lowest BCUT2D eigenvalue weighted by atomic mass is 10.1. The molecule has 0 fully saturated rings. The van der Waals surface area contributed by atoms with Crippen molar-refractivity contribution in [3.05, 3.63) is 69.8 Å². The molecule has 0 atom stereocenters. The first-order chi connectivity index (χ1) is 11.0. The van der Waals surface area contributed by atoms with E-state index in [0.717, 1.165) is 21.3 Å². The van der Waals surface area contributed by atoms with E-state index in [2.05, 4.69) is 26.3 Å². The van der Waals surface area contributed by atoms with Crippen molar-refractivity contribution in [2.24, 2.45) is 0 Å². The number of benzene rings is 1. The van der Waals surface area contributed by atoms with Crippen molar-refractivity contribution >= 4 is 27.5 Å². The number of aryl methyl sites for hydroxylation is 1. The first-order valence-corrected chi connectivity index (χ1v) is 7.96. The molecule has 0 radical (unpaired) electrons. The van der Waals surface area contributed by atoms with Crippen LogP contribution in [0.1, 0.15) is 27.4 Å². The van der Waals surface area contributed by atoms with Gasteiger partial charge in [0, 0.05) is 11.9 Å². The van der Waals surface area contributed by atoms with Gasteiger partial charge in [-0.05, 0) is 59.1 Å². The lowest BCUT2D eigenvalue weighted by molar-refractivity contribution is 0.0994. The number of nitrogens with zero attached hydrogens (tertiary/aromatic N) is 2. The highest BCUT2D eigenvalue weighted by Crippen LogP contribution is 2.19.